The van der Waals surface area contributed by atoms with Crippen molar-refractivity contribution in [1.82, 2.24) is 15.0 Å². The molecule has 0 saturated carbocycles. The Morgan fingerprint density at radius 1 is 0.935 bits per heavy atom. The molecule has 0 aliphatic carbocycles. The monoisotopic (exact) mass is 409 g/mol. The van der Waals surface area contributed by atoms with Gasteiger partial charge in [0.2, 0.25) is 5.95 Å². The molecular weight excluding hydrogens is 390 g/mol. The Labute approximate surface area is 179 Å². The lowest BCUT2D eigenvalue weighted by Gasteiger charge is -2.11. The highest BCUT2D eigenvalue weighted by Crippen LogP contribution is 2.27. The van der Waals surface area contributed by atoms with E-state index in [-0.39, 0.29) is 5.95 Å². The number of anilines is 4. The minimum absolute atomic E-state index is 0.157. The van der Waals surface area contributed by atoms with E-state index in [1.165, 1.54) is 6.20 Å². The fourth-order valence-electron chi connectivity index (χ4n) is 2.90. The fraction of sp³-hybridized carbons (Fsp3) is 0.0435. The summed E-state index contributed by atoms with van der Waals surface area (Å²) < 4.78 is 5.77. The van der Waals surface area contributed by atoms with Crippen LogP contribution in [0.3, 0.4) is 0 Å². The second-order valence-electron chi connectivity index (χ2n) is 6.81. The predicted octanol–water partition coefficient (Wildman–Crippen LogP) is 4.42. The van der Waals surface area contributed by atoms with Crippen molar-refractivity contribution in [3.05, 3.63) is 78.1 Å². The molecule has 0 saturated heterocycles. The van der Waals surface area contributed by atoms with Crippen LogP contribution in [-0.2, 0) is 0 Å². The predicted molar refractivity (Wildman–Crippen MR) is 120 cm³/mol. The van der Waals surface area contributed by atoms with Gasteiger partial charge in [-0.1, -0.05) is 12.1 Å². The average Bonchev–Trinajstić information content (AvgIpc) is 2.77. The fourth-order valence-corrected chi connectivity index (χ4v) is 2.90. The van der Waals surface area contributed by atoms with Gasteiger partial charge in [-0.3, -0.25) is 0 Å². The third-order valence-corrected chi connectivity index (χ3v) is 4.53. The summed E-state index contributed by atoms with van der Waals surface area (Å²) in [6, 6.07) is 20.1. The normalized spacial score (nSPS) is 10.3. The lowest BCUT2D eigenvalue weighted by molar-refractivity contribution is 0.482. The summed E-state index contributed by atoms with van der Waals surface area (Å²) in [6.07, 6.45) is 1.53. The molecule has 0 aliphatic heterocycles. The number of aromatic nitrogens is 3. The summed E-state index contributed by atoms with van der Waals surface area (Å²) in [5, 5.41) is 12.2. The van der Waals surface area contributed by atoms with Gasteiger partial charge in [-0.15, -0.1) is 0 Å². The molecule has 0 bridgehead atoms. The second-order valence-corrected chi connectivity index (χ2v) is 6.81. The first-order valence-electron chi connectivity index (χ1n) is 9.42. The zero-order valence-corrected chi connectivity index (χ0v) is 16.7. The van der Waals surface area contributed by atoms with E-state index in [2.05, 4.69) is 20.3 Å². The Balaban J connectivity index is 1.52. The summed E-state index contributed by atoms with van der Waals surface area (Å²) in [7, 11) is 0. The van der Waals surface area contributed by atoms with Crippen molar-refractivity contribution in [2.45, 2.75) is 6.92 Å². The zero-order valence-electron chi connectivity index (χ0n) is 16.7. The summed E-state index contributed by atoms with van der Waals surface area (Å²) in [5.74, 6) is 1.88. The molecule has 4 aromatic rings. The summed E-state index contributed by atoms with van der Waals surface area (Å²) >= 11 is 0. The number of nitrogens with zero attached hydrogens (tertiary/aromatic N) is 4. The summed E-state index contributed by atoms with van der Waals surface area (Å²) in [5.41, 5.74) is 16.3. The van der Waals surface area contributed by atoms with Crippen molar-refractivity contribution in [3.63, 3.8) is 0 Å². The van der Waals surface area contributed by atoms with Crippen molar-refractivity contribution < 1.29 is 4.74 Å². The van der Waals surface area contributed by atoms with E-state index >= 15 is 0 Å². The Morgan fingerprint density at radius 2 is 1.74 bits per heavy atom. The molecule has 8 nitrogen and oxygen atoms in total. The van der Waals surface area contributed by atoms with Crippen LogP contribution < -0.4 is 21.5 Å². The molecule has 0 radical (unpaired) electrons. The van der Waals surface area contributed by atoms with Crippen LogP contribution in [0, 0.1) is 18.3 Å². The van der Waals surface area contributed by atoms with Crippen LogP contribution in [0.15, 0.2) is 66.9 Å². The van der Waals surface area contributed by atoms with Crippen LogP contribution in [0.2, 0.25) is 0 Å². The molecule has 0 unspecified atom stereocenters. The summed E-state index contributed by atoms with van der Waals surface area (Å²) in [6.45, 7) is 1.95. The summed E-state index contributed by atoms with van der Waals surface area (Å²) in [4.78, 5) is 12.5. The highest BCUT2D eigenvalue weighted by Gasteiger charge is 2.08. The Kier molecular flexibility index (Phi) is 5.32. The van der Waals surface area contributed by atoms with Crippen molar-refractivity contribution in [2.24, 2.45) is 0 Å². The van der Waals surface area contributed by atoms with Crippen molar-refractivity contribution in [3.8, 4) is 28.8 Å². The molecule has 152 valence electrons. The molecule has 0 spiro atoms. The molecule has 4 rings (SSSR count). The molecule has 31 heavy (non-hydrogen) atoms. The Morgan fingerprint density at radius 3 is 2.48 bits per heavy atom. The van der Waals surface area contributed by atoms with Crippen molar-refractivity contribution in [1.29, 1.82) is 5.26 Å². The maximum absolute atomic E-state index is 8.94. The standard InChI is InChI=1S/C23H19N7O/c1-14-2-3-15(10-20(14)25)21-12-22(30-23(26)29-21)28-16-4-6-18(7-5-16)31-19-8-9-27-17(11-19)13-24/h2-12H,25H2,1H3,(H3,26,28,29,30). The Hall–Kier alpha value is -4.64. The van der Waals surface area contributed by atoms with Crippen LogP contribution in [0.1, 0.15) is 11.3 Å². The number of rotatable bonds is 5. The van der Waals surface area contributed by atoms with Crippen molar-refractivity contribution >= 4 is 23.1 Å². The average molecular weight is 409 g/mol. The number of benzene rings is 2. The highest BCUT2D eigenvalue weighted by atomic mass is 16.5. The molecule has 2 aromatic heterocycles. The number of aryl methyl sites for hydroxylation is 1. The first-order chi connectivity index (χ1) is 15.0. The van der Waals surface area contributed by atoms with E-state index in [1.54, 1.807) is 24.3 Å². The first-order valence-corrected chi connectivity index (χ1v) is 9.42. The van der Waals surface area contributed by atoms with Gasteiger partial charge in [0.15, 0.2) is 0 Å². The minimum atomic E-state index is 0.157. The number of nitrogen functional groups attached to an aromatic ring is 2. The molecule has 2 heterocycles. The Bertz CT molecular complexity index is 1280. The highest BCUT2D eigenvalue weighted by molar-refractivity contribution is 5.70. The molecule has 2 aromatic carbocycles. The van der Waals surface area contributed by atoms with E-state index in [4.69, 9.17) is 21.5 Å². The number of nitriles is 1. The molecule has 0 fully saturated rings. The molecule has 5 N–H and O–H groups in total. The third kappa shape index (κ3) is 4.68. The van der Waals surface area contributed by atoms with E-state index in [0.717, 1.165) is 16.8 Å². The zero-order chi connectivity index (χ0) is 21.8. The topological polar surface area (TPSA) is 136 Å². The lowest BCUT2D eigenvalue weighted by atomic mass is 10.1. The SMILES string of the molecule is Cc1ccc(-c2cc(Nc3ccc(Oc4ccnc(C#N)c4)cc3)nc(N)n2)cc1N. The lowest BCUT2D eigenvalue weighted by Crippen LogP contribution is -2.02. The molecular formula is C23H19N7O. The van der Waals surface area contributed by atoms with Gasteiger partial charge in [-0.05, 0) is 48.9 Å². The number of hydrogen-bond acceptors (Lipinski definition) is 8. The molecule has 0 atom stereocenters. The van der Waals surface area contributed by atoms with Crippen LogP contribution in [-0.4, -0.2) is 15.0 Å². The van der Waals surface area contributed by atoms with Gasteiger partial charge < -0.3 is 21.5 Å². The van der Waals surface area contributed by atoms with Gasteiger partial charge in [0, 0.05) is 35.3 Å². The van der Waals surface area contributed by atoms with Crippen molar-refractivity contribution in [2.75, 3.05) is 16.8 Å². The maximum Gasteiger partial charge on any atom is 0.222 e. The number of nitrogens with two attached hydrogens (primary N) is 2. The minimum Gasteiger partial charge on any atom is -0.457 e. The molecule has 8 heteroatoms. The van der Waals surface area contributed by atoms with Gasteiger partial charge in [0.1, 0.15) is 29.1 Å². The van der Waals surface area contributed by atoms with E-state index < -0.39 is 0 Å². The third-order valence-electron chi connectivity index (χ3n) is 4.53. The number of ether oxygens (including phenoxy) is 1. The van der Waals surface area contributed by atoms with E-state index in [1.807, 2.05) is 49.4 Å². The van der Waals surface area contributed by atoms with Crippen LogP contribution in [0.5, 0.6) is 11.5 Å². The quantitative estimate of drug-likeness (QED) is 0.412. The maximum atomic E-state index is 8.94. The number of hydrogen-bond donors (Lipinski definition) is 3. The van der Waals surface area contributed by atoms with Gasteiger partial charge >= 0.3 is 0 Å². The number of nitrogens with one attached hydrogen (secondary N) is 1. The van der Waals surface area contributed by atoms with E-state index in [9.17, 15) is 0 Å². The van der Waals surface area contributed by atoms with Gasteiger partial charge in [0.25, 0.3) is 0 Å². The van der Waals surface area contributed by atoms with Gasteiger partial charge in [-0.2, -0.15) is 10.2 Å². The van der Waals surface area contributed by atoms with Gasteiger partial charge in [-0.25, -0.2) is 9.97 Å². The van der Waals surface area contributed by atoms with Crippen LogP contribution in [0.25, 0.3) is 11.3 Å². The smallest absolute Gasteiger partial charge is 0.222 e. The van der Waals surface area contributed by atoms with Gasteiger partial charge in [0.05, 0.1) is 5.69 Å². The number of pyridine rings is 1. The van der Waals surface area contributed by atoms with E-state index in [0.29, 0.717) is 34.4 Å². The second kappa shape index (κ2) is 8.39. The van der Waals surface area contributed by atoms with Crippen LogP contribution >= 0.6 is 0 Å². The largest absolute Gasteiger partial charge is 0.457 e. The van der Waals surface area contributed by atoms with Crippen LogP contribution in [0.4, 0.5) is 23.1 Å². The molecule has 0 aliphatic rings. The first kappa shape index (κ1) is 19.7. The molecule has 0 amide bonds.